The predicted molar refractivity (Wildman–Crippen MR) is 118 cm³/mol. The molecule has 1 aromatic heterocycles. The number of guanidine groups is 1. The Balaban J connectivity index is 0.00000243. The lowest BCUT2D eigenvalue weighted by molar-refractivity contribution is 0.485. The van der Waals surface area contributed by atoms with Crippen LogP contribution in [0.4, 0.5) is 0 Å². The van der Waals surface area contributed by atoms with Crippen molar-refractivity contribution < 1.29 is 0 Å². The predicted octanol–water partition coefficient (Wildman–Crippen LogP) is 3.43. The van der Waals surface area contributed by atoms with Crippen LogP contribution in [0.5, 0.6) is 0 Å². The summed E-state index contributed by atoms with van der Waals surface area (Å²) in [5, 5.41) is 7.76. The van der Waals surface area contributed by atoms with Crippen molar-refractivity contribution >= 4 is 29.9 Å². The van der Waals surface area contributed by atoms with Gasteiger partial charge in [0.25, 0.3) is 0 Å². The van der Waals surface area contributed by atoms with Crippen molar-refractivity contribution in [2.45, 2.75) is 32.1 Å². The van der Waals surface area contributed by atoms with Gasteiger partial charge in [-0.05, 0) is 37.3 Å². The lowest BCUT2D eigenvalue weighted by atomic mass is 10.0. The maximum absolute atomic E-state index is 4.85. The van der Waals surface area contributed by atoms with E-state index in [-0.39, 0.29) is 24.0 Å². The molecule has 1 fully saturated rings. The molecule has 0 saturated carbocycles. The molecule has 1 aromatic carbocycles. The van der Waals surface area contributed by atoms with E-state index in [1.807, 2.05) is 17.9 Å². The first-order valence-electron chi connectivity index (χ1n) is 9.32. The van der Waals surface area contributed by atoms with Gasteiger partial charge in [-0.1, -0.05) is 30.3 Å². The largest absolute Gasteiger partial charge is 0.357 e. The van der Waals surface area contributed by atoms with Crippen LogP contribution in [0.1, 0.15) is 36.8 Å². The Kier molecular flexibility index (Phi) is 8.41. The summed E-state index contributed by atoms with van der Waals surface area (Å²) in [5.74, 6) is 1.61. The molecule has 0 amide bonds. The quantitative estimate of drug-likeness (QED) is 0.307. The zero-order valence-corrected chi connectivity index (χ0v) is 18.1. The van der Waals surface area contributed by atoms with Gasteiger partial charge in [0.1, 0.15) is 0 Å². The summed E-state index contributed by atoms with van der Waals surface area (Å²) < 4.78 is 1.89. The number of nitrogens with one attached hydrogen (secondary N) is 1. The highest BCUT2D eigenvalue weighted by atomic mass is 127. The summed E-state index contributed by atoms with van der Waals surface area (Å²) in [4.78, 5) is 7.25. The summed E-state index contributed by atoms with van der Waals surface area (Å²) in [7, 11) is 1.98. The molecule has 1 atom stereocenters. The summed E-state index contributed by atoms with van der Waals surface area (Å²) in [6, 6.07) is 10.6. The topological polar surface area (TPSA) is 45.5 Å². The van der Waals surface area contributed by atoms with Crippen molar-refractivity contribution in [3.05, 3.63) is 53.9 Å². The van der Waals surface area contributed by atoms with Gasteiger partial charge in [0, 0.05) is 45.3 Å². The van der Waals surface area contributed by atoms with Crippen LogP contribution in [0.2, 0.25) is 0 Å². The second-order valence-corrected chi connectivity index (χ2v) is 6.70. The first-order valence-corrected chi connectivity index (χ1v) is 9.32. The smallest absolute Gasteiger partial charge is 0.193 e. The first-order chi connectivity index (χ1) is 12.3. The number of hydrogen-bond donors (Lipinski definition) is 1. The molecular weight excluding hydrogens is 437 g/mol. The number of nitrogens with zero attached hydrogens (tertiary/aromatic N) is 4. The highest BCUT2D eigenvalue weighted by Gasteiger charge is 2.26. The number of benzene rings is 1. The average molecular weight is 467 g/mol. The Bertz CT molecular complexity index is 683. The Morgan fingerprint density at radius 3 is 2.81 bits per heavy atom. The van der Waals surface area contributed by atoms with E-state index in [1.54, 1.807) is 0 Å². The second-order valence-electron chi connectivity index (χ2n) is 6.70. The fourth-order valence-corrected chi connectivity index (χ4v) is 3.41. The number of halogens is 1. The number of aromatic nitrogens is 2. The summed E-state index contributed by atoms with van der Waals surface area (Å²) >= 11 is 0. The SMILES string of the molecule is CCNC(=NCCCc1ccccc1)N1CCC(c2cnn(C)c2)C1.I. The lowest BCUT2D eigenvalue weighted by Gasteiger charge is -2.21. The van der Waals surface area contributed by atoms with E-state index in [9.17, 15) is 0 Å². The average Bonchev–Trinajstić information content (AvgIpc) is 3.27. The summed E-state index contributed by atoms with van der Waals surface area (Å²) in [5.41, 5.74) is 2.73. The maximum atomic E-state index is 4.85. The van der Waals surface area contributed by atoms with E-state index in [2.05, 4.69) is 58.8 Å². The fraction of sp³-hybridized carbons (Fsp3) is 0.500. The number of aliphatic imine (C=N–C) groups is 1. The zero-order chi connectivity index (χ0) is 17.5. The fourth-order valence-electron chi connectivity index (χ4n) is 3.41. The minimum absolute atomic E-state index is 0. The number of likely N-dealkylation sites (tertiary alicyclic amines) is 1. The molecule has 26 heavy (non-hydrogen) atoms. The Hall–Kier alpha value is -1.57. The van der Waals surface area contributed by atoms with E-state index in [0.29, 0.717) is 5.92 Å². The van der Waals surface area contributed by atoms with Crippen molar-refractivity contribution in [3.63, 3.8) is 0 Å². The van der Waals surface area contributed by atoms with Crippen molar-refractivity contribution in [2.24, 2.45) is 12.0 Å². The van der Waals surface area contributed by atoms with Crippen molar-refractivity contribution in [1.29, 1.82) is 0 Å². The number of aryl methyl sites for hydroxylation is 2. The van der Waals surface area contributed by atoms with Gasteiger partial charge < -0.3 is 10.2 Å². The molecule has 1 aliphatic heterocycles. The van der Waals surface area contributed by atoms with E-state index < -0.39 is 0 Å². The molecule has 1 N–H and O–H groups in total. The number of hydrogen-bond acceptors (Lipinski definition) is 2. The van der Waals surface area contributed by atoms with Gasteiger partial charge >= 0.3 is 0 Å². The minimum atomic E-state index is 0. The van der Waals surface area contributed by atoms with Gasteiger partial charge in [-0.3, -0.25) is 9.67 Å². The van der Waals surface area contributed by atoms with Crippen molar-refractivity contribution in [2.75, 3.05) is 26.2 Å². The highest BCUT2D eigenvalue weighted by molar-refractivity contribution is 14.0. The van der Waals surface area contributed by atoms with E-state index in [0.717, 1.165) is 45.0 Å². The van der Waals surface area contributed by atoms with Gasteiger partial charge in [0.05, 0.1) is 6.20 Å². The van der Waals surface area contributed by atoms with Gasteiger partial charge in [-0.25, -0.2) is 0 Å². The van der Waals surface area contributed by atoms with Crippen LogP contribution in [-0.2, 0) is 13.5 Å². The molecule has 0 bridgehead atoms. The van der Waals surface area contributed by atoms with Crippen LogP contribution in [-0.4, -0.2) is 46.8 Å². The Labute approximate surface area is 173 Å². The van der Waals surface area contributed by atoms with Crippen LogP contribution >= 0.6 is 24.0 Å². The maximum Gasteiger partial charge on any atom is 0.193 e. The lowest BCUT2D eigenvalue weighted by Crippen LogP contribution is -2.40. The van der Waals surface area contributed by atoms with Gasteiger partial charge in [-0.15, -0.1) is 24.0 Å². The molecule has 0 radical (unpaired) electrons. The van der Waals surface area contributed by atoms with Crippen LogP contribution in [0.15, 0.2) is 47.7 Å². The van der Waals surface area contributed by atoms with Gasteiger partial charge in [0.2, 0.25) is 0 Å². The summed E-state index contributed by atoms with van der Waals surface area (Å²) in [6.07, 6.45) is 7.47. The zero-order valence-electron chi connectivity index (χ0n) is 15.8. The third-order valence-corrected chi connectivity index (χ3v) is 4.75. The normalized spacial score (nSPS) is 17.2. The van der Waals surface area contributed by atoms with E-state index in [4.69, 9.17) is 4.99 Å². The molecule has 6 heteroatoms. The second kappa shape index (κ2) is 10.5. The molecular formula is C20H30IN5. The monoisotopic (exact) mass is 467 g/mol. The molecule has 1 aliphatic rings. The molecule has 2 heterocycles. The molecule has 0 spiro atoms. The first kappa shape index (κ1) is 20.7. The molecule has 5 nitrogen and oxygen atoms in total. The molecule has 1 saturated heterocycles. The van der Waals surface area contributed by atoms with Crippen LogP contribution in [0, 0.1) is 0 Å². The van der Waals surface area contributed by atoms with Crippen LogP contribution in [0.3, 0.4) is 0 Å². The van der Waals surface area contributed by atoms with E-state index in [1.165, 1.54) is 17.5 Å². The molecule has 1 unspecified atom stereocenters. The van der Waals surface area contributed by atoms with Gasteiger partial charge in [0.15, 0.2) is 5.96 Å². The Morgan fingerprint density at radius 2 is 2.12 bits per heavy atom. The molecule has 3 rings (SSSR count). The van der Waals surface area contributed by atoms with Crippen LogP contribution < -0.4 is 5.32 Å². The van der Waals surface area contributed by atoms with Crippen molar-refractivity contribution in [1.82, 2.24) is 20.0 Å². The van der Waals surface area contributed by atoms with Crippen molar-refractivity contribution in [3.8, 4) is 0 Å². The standard InChI is InChI=1S/C20H29N5.HI/c1-3-21-20(22-12-7-10-17-8-5-4-6-9-17)25-13-11-18(16-25)19-14-23-24(2)15-19;/h4-6,8-9,14-15,18H,3,7,10-13,16H2,1-2H3,(H,21,22);1H. The molecule has 0 aliphatic carbocycles. The third-order valence-electron chi connectivity index (χ3n) is 4.75. The van der Waals surface area contributed by atoms with E-state index >= 15 is 0 Å². The van der Waals surface area contributed by atoms with Crippen LogP contribution in [0.25, 0.3) is 0 Å². The molecule has 2 aromatic rings. The molecule has 142 valence electrons. The summed E-state index contributed by atoms with van der Waals surface area (Å²) in [6.45, 7) is 5.99. The highest BCUT2D eigenvalue weighted by Crippen LogP contribution is 2.26. The minimum Gasteiger partial charge on any atom is -0.357 e. The third kappa shape index (κ3) is 5.72. The Morgan fingerprint density at radius 1 is 1.31 bits per heavy atom. The van der Waals surface area contributed by atoms with Gasteiger partial charge in [-0.2, -0.15) is 5.10 Å². The number of rotatable bonds is 6.